The Morgan fingerprint density at radius 2 is 1.96 bits per heavy atom. The van der Waals surface area contributed by atoms with Crippen LogP contribution in [0.4, 0.5) is 5.69 Å². The van der Waals surface area contributed by atoms with Crippen molar-refractivity contribution >= 4 is 27.5 Å². The molecule has 0 spiro atoms. The van der Waals surface area contributed by atoms with Gasteiger partial charge in [-0.05, 0) is 30.2 Å². The van der Waals surface area contributed by atoms with Crippen molar-refractivity contribution in [3.8, 4) is 6.07 Å². The minimum Gasteiger partial charge on any atom is -0.360 e. The van der Waals surface area contributed by atoms with E-state index in [1.807, 2.05) is 60.7 Å². The van der Waals surface area contributed by atoms with Crippen LogP contribution in [0, 0.1) is 11.3 Å². The van der Waals surface area contributed by atoms with Gasteiger partial charge in [0.2, 0.25) is 0 Å². The molecule has 0 radical (unpaired) electrons. The Kier molecular flexibility index (Phi) is 6.40. The molecule has 0 saturated heterocycles. The molecular weight excluding hydrogens is 354 g/mol. The molecule has 0 heterocycles. The Hall–Kier alpha value is -2.58. The Morgan fingerprint density at radius 1 is 1.17 bits per heavy atom. The summed E-state index contributed by atoms with van der Waals surface area (Å²) in [5.74, 6) is -0.383. The summed E-state index contributed by atoms with van der Waals surface area (Å²) < 4.78 is 0.918. The third-order valence-electron chi connectivity index (χ3n) is 3.11. The van der Waals surface area contributed by atoms with Crippen LogP contribution in [0.1, 0.15) is 5.56 Å². The smallest absolute Gasteiger partial charge is 0.263 e. The number of hydrogen-bond acceptors (Lipinski definition) is 3. The predicted molar refractivity (Wildman–Crippen MR) is 94.6 cm³/mol. The molecule has 0 bridgehead atoms. The summed E-state index contributed by atoms with van der Waals surface area (Å²) in [6.45, 7) is 0.485. The van der Waals surface area contributed by atoms with Crippen LogP contribution >= 0.6 is 15.9 Å². The van der Waals surface area contributed by atoms with Crippen molar-refractivity contribution < 1.29 is 4.79 Å². The number of hydrogen-bond donors (Lipinski definition) is 2. The molecule has 0 aliphatic carbocycles. The first-order valence-electron chi connectivity index (χ1n) is 7.13. The second-order valence-corrected chi connectivity index (χ2v) is 5.73. The van der Waals surface area contributed by atoms with E-state index in [9.17, 15) is 4.79 Å². The van der Waals surface area contributed by atoms with Crippen LogP contribution in [-0.2, 0) is 11.2 Å². The molecule has 2 aromatic carbocycles. The van der Waals surface area contributed by atoms with E-state index >= 15 is 0 Å². The number of halogens is 1. The van der Waals surface area contributed by atoms with Crippen LogP contribution in [0.25, 0.3) is 0 Å². The largest absolute Gasteiger partial charge is 0.360 e. The van der Waals surface area contributed by atoms with Crippen molar-refractivity contribution in [2.75, 3.05) is 11.9 Å². The molecule has 23 heavy (non-hydrogen) atoms. The SMILES string of the molecule is N#C/C(=C/Nc1cccc(Br)c1)C(=O)NCCc1ccccc1. The molecule has 1 amide bonds. The molecule has 4 nitrogen and oxygen atoms in total. The third-order valence-corrected chi connectivity index (χ3v) is 3.61. The Balaban J connectivity index is 1.88. The maximum Gasteiger partial charge on any atom is 0.263 e. The monoisotopic (exact) mass is 369 g/mol. The highest BCUT2D eigenvalue weighted by Crippen LogP contribution is 2.15. The highest BCUT2D eigenvalue weighted by atomic mass is 79.9. The zero-order valence-electron chi connectivity index (χ0n) is 12.4. The van der Waals surface area contributed by atoms with E-state index in [1.54, 1.807) is 0 Å². The van der Waals surface area contributed by atoms with E-state index in [0.29, 0.717) is 6.54 Å². The van der Waals surface area contributed by atoms with Gasteiger partial charge >= 0.3 is 0 Å². The number of carbonyl (C=O) groups excluding carboxylic acids is 1. The van der Waals surface area contributed by atoms with Gasteiger partial charge in [0.1, 0.15) is 11.6 Å². The Morgan fingerprint density at radius 3 is 2.65 bits per heavy atom. The van der Waals surface area contributed by atoms with Crippen LogP contribution in [0.2, 0.25) is 0 Å². The van der Waals surface area contributed by atoms with Crippen molar-refractivity contribution in [3.63, 3.8) is 0 Å². The summed E-state index contributed by atoms with van der Waals surface area (Å²) in [6, 6.07) is 19.3. The van der Waals surface area contributed by atoms with Gasteiger partial charge in [-0.3, -0.25) is 4.79 Å². The van der Waals surface area contributed by atoms with Gasteiger partial charge in [-0.2, -0.15) is 5.26 Å². The molecule has 2 aromatic rings. The van der Waals surface area contributed by atoms with E-state index in [0.717, 1.165) is 22.1 Å². The van der Waals surface area contributed by atoms with Gasteiger partial charge in [-0.15, -0.1) is 0 Å². The average molecular weight is 370 g/mol. The second-order valence-electron chi connectivity index (χ2n) is 4.82. The van der Waals surface area contributed by atoms with Gasteiger partial charge in [0, 0.05) is 22.9 Å². The van der Waals surface area contributed by atoms with Gasteiger partial charge in [-0.1, -0.05) is 52.3 Å². The minimum absolute atomic E-state index is 0.0398. The number of benzene rings is 2. The fourth-order valence-electron chi connectivity index (χ4n) is 1.94. The van der Waals surface area contributed by atoms with E-state index in [1.165, 1.54) is 6.20 Å². The summed E-state index contributed by atoms with van der Waals surface area (Å²) in [5.41, 5.74) is 1.98. The van der Waals surface area contributed by atoms with Gasteiger partial charge in [0.25, 0.3) is 5.91 Å². The van der Waals surface area contributed by atoms with E-state index in [-0.39, 0.29) is 11.5 Å². The number of carbonyl (C=O) groups is 1. The molecular formula is C18H16BrN3O. The predicted octanol–water partition coefficient (Wildman–Crippen LogP) is 3.63. The summed E-state index contributed by atoms with van der Waals surface area (Å²) in [7, 11) is 0. The normalized spacial score (nSPS) is 10.7. The van der Waals surface area contributed by atoms with Crippen LogP contribution in [0.3, 0.4) is 0 Å². The molecule has 0 unspecified atom stereocenters. The quantitative estimate of drug-likeness (QED) is 0.603. The number of rotatable bonds is 6. The fraction of sp³-hybridized carbons (Fsp3) is 0.111. The molecule has 2 N–H and O–H groups in total. The molecule has 0 saturated carbocycles. The summed E-state index contributed by atoms with van der Waals surface area (Å²) in [4.78, 5) is 12.0. The van der Waals surface area contributed by atoms with E-state index < -0.39 is 0 Å². The molecule has 0 aliphatic rings. The number of anilines is 1. The summed E-state index contributed by atoms with van der Waals surface area (Å²) in [6.07, 6.45) is 2.14. The summed E-state index contributed by atoms with van der Waals surface area (Å²) >= 11 is 3.37. The van der Waals surface area contributed by atoms with Crippen molar-refractivity contribution in [1.29, 1.82) is 5.26 Å². The third kappa shape index (κ3) is 5.61. The van der Waals surface area contributed by atoms with Gasteiger partial charge in [0.05, 0.1) is 0 Å². The van der Waals surface area contributed by atoms with Crippen LogP contribution < -0.4 is 10.6 Å². The molecule has 2 rings (SSSR count). The lowest BCUT2D eigenvalue weighted by molar-refractivity contribution is -0.117. The lowest BCUT2D eigenvalue weighted by Gasteiger charge is -2.05. The molecule has 0 aliphatic heterocycles. The van der Waals surface area contributed by atoms with E-state index in [4.69, 9.17) is 5.26 Å². The number of nitrogens with one attached hydrogen (secondary N) is 2. The lowest BCUT2D eigenvalue weighted by atomic mass is 10.1. The molecule has 0 atom stereocenters. The van der Waals surface area contributed by atoms with Gasteiger partial charge in [-0.25, -0.2) is 0 Å². The van der Waals surface area contributed by atoms with Crippen molar-refractivity contribution in [2.45, 2.75) is 6.42 Å². The highest BCUT2D eigenvalue weighted by Gasteiger charge is 2.08. The average Bonchev–Trinajstić information content (AvgIpc) is 2.56. The summed E-state index contributed by atoms with van der Waals surface area (Å²) in [5, 5.41) is 14.8. The minimum atomic E-state index is -0.383. The molecule has 5 heteroatoms. The van der Waals surface area contributed by atoms with Crippen LogP contribution in [0.5, 0.6) is 0 Å². The van der Waals surface area contributed by atoms with Crippen LogP contribution in [-0.4, -0.2) is 12.5 Å². The van der Waals surface area contributed by atoms with Crippen LogP contribution in [0.15, 0.2) is 70.8 Å². The zero-order chi connectivity index (χ0) is 16.5. The van der Waals surface area contributed by atoms with E-state index in [2.05, 4.69) is 26.6 Å². The van der Waals surface area contributed by atoms with Crippen molar-refractivity contribution in [2.24, 2.45) is 0 Å². The van der Waals surface area contributed by atoms with Gasteiger partial charge < -0.3 is 10.6 Å². The maximum absolute atomic E-state index is 12.0. The topological polar surface area (TPSA) is 64.9 Å². The molecule has 116 valence electrons. The Bertz CT molecular complexity index is 735. The first-order valence-corrected chi connectivity index (χ1v) is 7.93. The van der Waals surface area contributed by atoms with Gasteiger partial charge in [0.15, 0.2) is 0 Å². The lowest BCUT2D eigenvalue weighted by Crippen LogP contribution is -2.27. The van der Waals surface area contributed by atoms with Crippen molar-refractivity contribution in [3.05, 3.63) is 76.4 Å². The number of nitriles is 1. The standard InChI is InChI=1S/C18H16BrN3O/c19-16-7-4-8-17(11-16)22-13-15(12-20)18(23)21-10-9-14-5-2-1-3-6-14/h1-8,11,13,22H,9-10H2,(H,21,23)/b15-13-. The molecule has 0 fully saturated rings. The number of amides is 1. The maximum atomic E-state index is 12.0. The first-order chi connectivity index (χ1) is 11.2. The highest BCUT2D eigenvalue weighted by molar-refractivity contribution is 9.10. The Labute approximate surface area is 144 Å². The fourth-order valence-corrected chi connectivity index (χ4v) is 2.34. The number of nitrogens with zero attached hydrogens (tertiary/aromatic N) is 1. The van der Waals surface area contributed by atoms with Crippen molar-refractivity contribution in [1.82, 2.24) is 5.32 Å². The second kappa shape index (κ2) is 8.76. The zero-order valence-corrected chi connectivity index (χ0v) is 14.0. The first kappa shape index (κ1) is 16.8. The molecule has 0 aromatic heterocycles.